The molecule has 0 saturated heterocycles. The normalized spacial score (nSPS) is 12.7. The summed E-state index contributed by atoms with van der Waals surface area (Å²) in [5, 5.41) is 0. The molecule has 2 aromatic rings. The first kappa shape index (κ1) is 11.4. The predicted molar refractivity (Wildman–Crippen MR) is 68.0 cm³/mol. The number of aryl methyl sites for hydroxylation is 1. The minimum atomic E-state index is -0.0608. The largest absolute Gasteiger partial charge is 0.337 e. The van der Waals surface area contributed by atoms with Gasteiger partial charge >= 0.3 is 0 Å². The van der Waals surface area contributed by atoms with E-state index in [1.54, 1.807) is 6.20 Å². The van der Waals surface area contributed by atoms with Gasteiger partial charge in [-0.1, -0.05) is 28.1 Å². The van der Waals surface area contributed by atoms with E-state index in [1.807, 2.05) is 29.9 Å². The van der Waals surface area contributed by atoms with Crippen LogP contribution in [0.5, 0.6) is 0 Å². The number of nitrogens with zero attached hydrogens (tertiary/aromatic N) is 2. The zero-order valence-corrected chi connectivity index (χ0v) is 10.7. The van der Waals surface area contributed by atoms with Gasteiger partial charge in [-0.15, -0.1) is 0 Å². The number of hydrogen-bond acceptors (Lipinski definition) is 2. The molecule has 0 aliphatic rings. The standard InChI is InChI=1S/C12H14BrN3/c1-16-6-5-15-12(16)11(14)8-9-3-2-4-10(13)7-9/h2-7,11H,8,14H2,1H3. The highest BCUT2D eigenvalue weighted by Crippen LogP contribution is 2.17. The van der Waals surface area contributed by atoms with E-state index < -0.39 is 0 Å². The van der Waals surface area contributed by atoms with Crippen LogP contribution in [0.25, 0.3) is 0 Å². The van der Waals surface area contributed by atoms with Crippen LogP contribution in [0.4, 0.5) is 0 Å². The van der Waals surface area contributed by atoms with Gasteiger partial charge in [0.05, 0.1) is 6.04 Å². The zero-order valence-electron chi connectivity index (χ0n) is 9.10. The van der Waals surface area contributed by atoms with Crippen LogP contribution in [-0.4, -0.2) is 9.55 Å². The van der Waals surface area contributed by atoms with Crippen molar-refractivity contribution in [2.75, 3.05) is 0 Å². The van der Waals surface area contributed by atoms with Gasteiger partial charge in [0.15, 0.2) is 0 Å². The van der Waals surface area contributed by atoms with Crippen LogP contribution in [0.3, 0.4) is 0 Å². The highest BCUT2D eigenvalue weighted by molar-refractivity contribution is 9.10. The Bertz CT molecular complexity index is 479. The number of halogens is 1. The minimum Gasteiger partial charge on any atom is -0.337 e. The predicted octanol–water partition coefficient (Wildman–Crippen LogP) is 2.43. The van der Waals surface area contributed by atoms with Crippen molar-refractivity contribution in [1.82, 2.24) is 9.55 Å². The van der Waals surface area contributed by atoms with Gasteiger partial charge in [-0.2, -0.15) is 0 Å². The monoisotopic (exact) mass is 279 g/mol. The third kappa shape index (κ3) is 2.51. The van der Waals surface area contributed by atoms with Gasteiger partial charge in [0, 0.05) is 23.9 Å². The number of imidazole rings is 1. The molecule has 0 saturated carbocycles. The highest BCUT2D eigenvalue weighted by Gasteiger charge is 2.11. The molecule has 4 heteroatoms. The Hall–Kier alpha value is -1.13. The van der Waals surface area contributed by atoms with Crippen LogP contribution >= 0.6 is 15.9 Å². The molecule has 0 spiro atoms. The van der Waals surface area contributed by atoms with Gasteiger partial charge in [-0.05, 0) is 24.1 Å². The first-order valence-electron chi connectivity index (χ1n) is 5.14. The van der Waals surface area contributed by atoms with E-state index in [4.69, 9.17) is 5.73 Å². The molecule has 16 heavy (non-hydrogen) atoms. The molecule has 1 aromatic heterocycles. The third-order valence-electron chi connectivity index (χ3n) is 2.53. The van der Waals surface area contributed by atoms with Crippen molar-refractivity contribution < 1.29 is 0 Å². The van der Waals surface area contributed by atoms with Crippen LogP contribution < -0.4 is 5.73 Å². The Morgan fingerprint density at radius 2 is 2.31 bits per heavy atom. The summed E-state index contributed by atoms with van der Waals surface area (Å²) in [5.74, 6) is 0.917. The van der Waals surface area contributed by atoms with Crippen molar-refractivity contribution in [3.05, 3.63) is 52.5 Å². The maximum Gasteiger partial charge on any atom is 0.125 e. The topological polar surface area (TPSA) is 43.8 Å². The molecule has 2 N–H and O–H groups in total. The van der Waals surface area contributed by atoms with Crippen molar-refractivity contribution in [2.24, 2.45) is 12.8 Å². The van der Waals surface area contributed by atoms with Crippen molar-refractivity contribution in [3.8, 4) is 0 Å². The second-order valence-electron chi connectivity index (χ2n) is 3.84. The lowest BCUT2D eigenvalue weighted by molar-refractivity contribution is 0.632. The first-order chi connectivity index (χ1) is 7.66. The summed E-state index contributed by atoms with van der Waals surface area (Å²) in [7, 11) is 1.96. The maximum atomic E-state index is 6.12. The van der Waals surface area contributed by atoms with Crippen LogP contribution in [0, 0.1) is 0 Å². The molecule has 84 valence electrons. The molecular weight excluding hydrogens is 266 g/mol. The quantitative estimate of drug-likeness (QED) is 0.938. The fourth-order valence-corrected chi connectivity index (χ4v) is 2.19. The number of hydrogen-bond donors (Lipinski definition) is 1. The number of nitrogens with two attached hydrogens (primary N) is 1. The molecule has 1 atom stereocenters. The Kier molecular flexibility index (Phi) is 3.41. The smallest absolute Gasteiger partial charge is 0.125 e. The minimum absolute atomic E-state index is 0.0608. The number of benzene rings is 1. The molecule has 3 nitrogen and oxygen atoms in total. The van der Waals surface area contributed by atoms with E-state index in [0.717, 1.165) is 16.7 Å². The third-order valence-corrected chi connectivity index (χ3v) is 3.03. The molecule has 0 fully saturated rings. The van der Waals surface area contributed by atoms with Gasteiger partial charge in [0.1, 0.15) is 5.82 Å². The van der Waals surface area contributed by atoms with Gasteiger partial charge in [0.2, 0.25) is 0 Å². The van der Waals surface area contributed by atoms with Crippen molar-refractivity contribution in [1.29, 1.82) is 0 Å². The molecule has 1 heterocycles. The lowest BCUT2D eigenvalue weighted by Gasteiger charge is -2.11. The summed E-state index contributed by atoms with van der Waals surface area (Å²) < 4.78 is 3.04. The molecule has 0 amide bonds. The van der Waals surface area contributed by atoms with E-state index in [0.29, 0.717) is 0 Å². The summed E-state index contributed by atoms with van der Waals surface area (Å²) in [5.41, 5.74) is 7.34. The fraction of sp³-hybridized carbons (Fsp3) is 0.250. The van der Waals surface area contributed by atoms with Gasteiger partial charge in [-0.25, -0.2) is 4.98 Å². The van der Waals surface area contributed by atoms with Crippen LogP contribution in [0.1, 0.15) is 17.4 Å². The lowest BCUT2D eigenvalue weighted by atomic mass is 10.1. The molecule has 1 aromatic carbocycles. The van der Waals surface area contributed by atoms with E-state index >= 15 is 0 Å². The van der Waals surface area contributed by atoms with E-state index in [1.165, 1.54) is 5.56 Å². The molecule has 0 aliphatic heterocycles. The van der Waals surface area contributed by atoms with Crippen molar-refractivity contribution >= 4 is 15.9 Å². The number of aromatic nitrogens is 2. The van der Waals surface area contributed by atoms with Crippen molar-refractivity contribution in [3.63, 3.8) is 0 Å². The zero-order chi connectivity index (χ0) is 11.5. The highest BCUT2D eigenvalue weighted by atomic mass is 79.9. The Labute approximate surface area is 103 Å². The summed E-state index contributed by atoms with van der Waals surface area (Å²) in [6, 6.07) is 8.13. The first-order valence-corrected chi connectivity index (χ1v) is 5.93. The lowest BCUT2D eigenvalue weighted by Crippen LogP contribution is -2.17. The van der Waals surface area contributed by atoms with E-state index in [-0.39, 0.29) is 6.04 Å². The molecule has 0 aliphatic carbocycles. The summed E-state index contributed by atoms with van der Waals surface area (Å²) in [6.45, 7) is 0. The molecular formula is C12H14BrN3. The second-order valence-corrected chi connectivity index (χ2v) is 4.75. The molecule has 1 unspecified atom stereocenters. The van der Waals surface area contributed by atoms with Gasteiger partial charge in [0.25, 0.3) is 0 Å². The summed E-state index contributed by atoms with van der Waals surface area (Å²) >= 11 is 3.45. The molecule has 0 radical (unpaired) electrons. The summed E-state index contributed by atoms with van der Waals surface area (Å²) in [4.78, 5) is 4.26. The SMILES string of the molecule is Cn1ccnc1C(N)Cc1cccc(Br)c1. The van der Waals surface area contributed by atoms with Crippen LogP contribution in [-0.2, 0) is 13.5 Å². The summed E-state index contributed by atoms with van der Waals surface area (Å²) in [6.07, 6.45) is 4.48. The van der Waals surface area contributed by atoms with Gasteiger partial charge in [-0.3, -0.25) is 0 Å². The van der Waals surface area contributed by atoms with E-state index in [2.05, 4.69) is 33.0 Å². The second kappa shape index (κ2) is 4.80. The van der Waals surface area contributed by atoms with Crippen LogP contribution in [0.15, 0.2) is 41.1 Å². The average Bonchev–Trinajstić information content (AvgIpc) is 2.64. The van der Waals surface area contributed by atoms with E-state index in [9.17, 15) is 0 Å². The Morgan fingerprint density at radius 3 is 2.94 bits per heavy atom. The Morgan fingerprint density at radius 1 is 1.50 bits per heavy atom. The maximum absolute atomic E-state index is 6.12. The molecule has 0 bridgehead atoms. The average molecular weight is 280 g/mol. The van der Waals surface area contributed by atoms with Crippen LogP contribution in [0.2, 0.25) is 0 Å². The van der Waals surface area contributed by atoms with Crippen molar-refractivity contribution in [2.45, 2.75) is 12.5 Å². The Balaban J connectivity index is 2.14. The number of rotatable bonds is 3. The molecule has 2 rings (SSSR count). The van der Waals surface area contributed by atoms with Gasteiger partial charge < -0.3 is 10.3 Å². The fourth-order valence-electron chi connectivity index (χ4n) is 1.74.